The lowest BCUT2D eigenvalue weighted by atomic mass is 10.1. The number of nitrogens with one attached hydrogen (secondary N) is 1. The van der Waals surface area contributed by atoms with Crippen LogP contribution < -0.4 is 10.2 Å². The van der Waals surface area contributed by atoms with E-state index in [1.807, 2.05) is 30.3 Å². The number of allylic oxidation sites excluding steroid dienone is 1. The summed E-state index contributed by atoms with van der Waals surface area (Å²) in [6.45, 7) is 7.13. The molecule has 2 aromatic rings. The Kier molecular flexibility index (Phi) is 8.18. The first-order valence-corrected chi connectivity index (χ1v) is 10.3. The standard InChI is InChI=1S/C24H30N4O2/c1-20-9-11-21(12-10-20)18-27-14-16-28(17-15-27)19-24(29)26-25-13-5-7-22-6-3-4-8-23(22)30-2/h3-13H,14-19H2,1-2H3,(H,26,29)/b7-5+,25-13-. The van der Waals surface area contributed by atoms with Gasteiger partial charge in [-0.2, -0.15) is 5.10 Å². The third kappa shape index (κ3) is 6.83. The number of aryl methyl sites for hydroxylation is 1. The number of ether oxygens (including phenoxy) is 1. The molecule has 1 heterocycles. The summed E-state index contributed by atoms with van der Waals surface area (Å²) in [6, 6.07) is 16.4. The Bertz CT molecular complexity index is 869. The van der Waals surface area contributed by atoms with Crippen LogP contribution in [-0.4, -0.2) is 61.8 Å². The van der Waals surface area contributed by atoms with Gasteiger partial charge < -0.3 is 4.74 Å². The minimum absolute atomic E-state index is 0.0936. The summed E-state index contributed by atoms with van der Waals surface area (Å²) in [4.78, 5) is 16.7. The van der Waals surface area contributed by atoms with Crippen molar-refractivity contribution in [3.63, 3.8) is 0 Å². The molecule has 6 nitrogen and oxygen atoms in total. The van der Waals surface area contributed by atoms with E-state index in [4.69, 9.17) is 4.74 Å². The summed E-state index contributed by atoms with van der Waals surface area (Å²) in [5, 5.41) is 4.00. The molecule has 0 bridgehead atoms. The number of carbonyl (C=O) groups is 1. The molecule has 3 rings (SSSR count). The molecular formula is C24H30N4O2. The van der Waals surface area contributed by atoms with Crippen LogP contribution in [0.2, 0.25) is 0 Å². The van der Waals surface area contributed by atoms with Crippen molar-refractivity contribution >= 4 is 18.2 Å². The SMILES string of the molecule is COc1ccccc1/C=C/C=N\NC(=O)CN1CCN(Cc2ccc(C)cc2)CC1. The Morgan fingerprint density at radius 2 is 1.77 bits per heavy atom. The first-order chi connectivity index (χ1) is 14.6. The number of hydrazone groups is 1. The quantitative estimate of drug-likeness (QED) is 0.541. The van der Waals surface area contributed by atoms with Gasteiger partial charge in [-0.3, -0.25) is 14.6 Å². The number of benzene rings is 2. The first kappa shape index (κ1) is 21.7. The van der Waals surface area contributed by atoms with Crippen molar-refractivity contribution in [3.05, 3.63) is 71.3 Å². The number of hydrogen-bond acceptors (Lipinski definition) is 5. The molecule has 1 N–H and O–H groups in total. The van der Waals surface area contributed by atoms with Gasteiger partial charge in [0.15, 0.2) is 0 Å². The van der Waals surface area contributed by atoms with Crippen LogP contribution in [0.25, 0.3) is 6.08 Å². The van der Waals surface area contributed by atoms with Gasteiger partial charge in [0.2, 0.25) is 0 Å². The van der Waals surface area contributed by atoms with E-state index in [1.165, 1.54) is 11.1 Å². The van der Waals surface area contributed by atoms with E-state index in [0.717, 1.165) is 44.0 Å². The van der Waals surface area contributed by atoms with Gasteiger partial charge in [0.25, 0.3) is 5.91 Å². The number of amides is 1. The van der Waals surface area contributed by atoms with E-state index in [-0.39, 0.29) is 5.91 Å². The molecule has 1 fully saturated rings. The highest BCUT2D eigenvalue weighted by Crippen LogP contribution is 2.18. The smallest absolute Gasteiger partial charge is 0.254 e. The second-order valence-corrected chi connectivity index (χ2v) is 7.45. The fourth-order valence-electron chi connectivity index (χ4n) is 3.40. The van der Waals surface area contributed by atoms with Crippen molar-refractivity contribution < 1.29 is 9.53 Å². The second kappa shape index (κ2) is 11.3. The molecule has 1 aliphatic heterocycles. The minimum atomic E-state index is -0.0936. The van der Waals surface area contributed by atoms with Crippen molar-refractivity contribution in [3.8, 4) is 5.75 Å². The highest BCUT2D eigenvalue weighted by molar-refractivity contribution is 5.82. The molecule has 0 atom stereocenters. The molecule has 1 amide bonds. The number of piperazine rings is 1. The lowest BCUT2D eigenvalue weighted by Gasteiger charge is -2.34. The zero-order valence-corrected chi connectivity index (χ0v) is 17.8. The van der Waals surface area contributed by atoms with E-state index in [9.17, 15) is 4.79 Å². The minimum Gasteiger partial charge on any atom is -0.496 e. The molecule has 30 heavy (non-hydrogen) atoms. The molecule has 0 aromatic heterocycles. The van der Waals surface area contributed by atoms with E-state index < -0.39 is 0 Å². The van der Waals surface area contributed by atoms with Crippen LogP contribution in [0.15, 0.2) is 59.7 Å². The van der Waals surface area contributed by atoms with E-state index in [1.54, 1.807) is 19.4 Å². The summed E-state index contributed by atoms with van der Waals surface area (Å²) in [5.41, 5.74) is 6.17. The maximum Gasteiger partial charge on any atom is 0.254 e. The van der Waals surface area contributed by atoms with Crippen LogP contribution in [0.1, 0.15) is 16.7 Å². The molecule has 6 heteroatoms. The van der Waals surface area contributed by atoms with Gasteiger partial charge in [0, 0.05) is 44.5 Å². The third-order valence-electron chi connectivity index (χ3n) is 5.12. The number of nitrogens with zero attached hydrogens (tertiary/aromatic N) is 3. The Balaban J connectivity index is 1.36. The summed E-state index contributed by atoms with van der Waals surface area (Å²) >= 11 is 0. The number of rotatable bonds is 8. The van der Waals surface area contributed by atoms with Crippen molar-refractivity contribution in [1.82, 2.24) is 15.2 Å². The molecule has 158 valence electrons. The summed E-state index contributed by atoms with van der Waals surface area (Å²) in [7, 11) is 1.64. The van der Waals surface area contributed by atoms with Crippen molar-refractivity contribution in [2.24, 2.45) is 5.10 Å². The largest absolute Gasteiger partial charge is 0.496 e. The number of methoxy groups -OCH3 is 1. The second-order valence-electron chi connectivity index (χ2n) is 7.45. The van der Waals surface area contributed by atoms with Crippen molar-refractivity contribution in [2.75, 3.05) is 39.8 Å². The summed E-state index contributed by atoms with van der Waals surface area (Å²) < 4.78 is 5.30. The van der Waals surface area contributed by atoms with Gasteiger partial charge in [-0.1, -0.05) is 48.0 Å². The van der Waals surface area contributed by atoms with E-state index >= 15 is 0 Å². The Hall–Kier alpha value is -2.96. The van der Waals surface area contributed by atoms with Gasteiger partial charge in [-0.15, -0.1) is 0 Å². The number of hydrogen-bond donors (Lipinski definition) is 1. The molecule has 0 radical (unpaired) electrons. The average molecular weight is 407 g/mol. The van der Waals surface area contributed by atoms with Gasteiger partial charge in [-0.25, -0.2) is 5.43 Å². The normalized spacial score (nSPS) is 15.7. The average Bonchev–Trinajstić information content (AvgIpc) is 2.77. The fourth-order valence-corrected chi connectivity index (χ4v) is 3.40. The topological polar surface area (TPSA) is 57.2 Å². The van der Waals surface area contributed by atoms with Crippen LogP contribution in [0.4, 0.5) is 0 Å². The van der Waals surface area contributed by atoms with Crippen molar-refractivity contribution in [2.45, 2.75) is 13.5 Å². The van der Waals surface area contributed by atoms with Gasteiger partial charge >= 0.3 is 0 Å². The molecule has 1 aliphatic rings. The molecule has 0 aliphatic carbocycles. The summed E-state index contributed by atoms with van der Waals surface area (Å²) in [5.74, 6) is 0.705. The van der Waals surface area contributed by atoms with Crippen LogP contribution >= 0.6 is 0 Å². The Labute approximate surface area is 178 Å². The summed E-state index contributed by atoms with van der Waals surface area (Å²) in [6.07, 6.45) is 5.24. The molecule has 0 saturated carbocycles. The van der Waals surface area contributed by atoms with Crippen LogP contribution in [0.5, 0.6) is 5.75 Å². The van der Waals surface area contributed by atoms with Crippen molar-refractivity contribution in [1.29, 1.82) is 0 Å². The monoisotopic (exact) mass is 406 g/mol. The van der Waals surface area contributed by atoms with Crippen LogP contribution in [0.3, 0.4) is 0 Å². The molecule has 0 spiro atoms. The number of carbonyl (C=O) groups excluding carboxylic acids is 1. The third-order valence-corrected chi connectivity index (χ3v) is 5.12. The van der Waals surface area contributed by atoms with Crippen LogP contribution in [0, 0.1) is 6.92 Å². The van der Waals surface area contributed by atoms with E-state index in [0.29, 0.717) is 6.54 Å². The lowest BCUT2D eigenvalue weighted by molar-refractivity contribution is -0.122. The first-order valence-electron chi connectivity index (χ1n) is 10.3. The Morgan fingerprint density at radius 1 is 1.07 bits per heavy atom. The lowest BCUT2D eigenvalue weighted by Crippen LogP contribution is -2.48. The fraction of sp³-hybridized carbons (Fsp3) is 0.333. The zero-order valence-electron chi connectivity index (χ0n) is 17.8. The molecule has 1 saturated heterocycles. The number of para-hydroxylation sites is 1. The molecular weight excluding hydrogens is 376 g/mol. The molecule has 2 aromatic carbocycles. The Morgan fingerprint density at radius 3 is 2.50 bits per heavy atom. The van der Waals surface area contributed by atoms with Crippen LogP contribution in [-0.2, 0) is 11.3 Å². The maximum atomic E-state index is 12.1. The maximum absolute atomic E-state index is 12.1. The zero-order chi connectivity index (χ0) is 21.2. The highest BCUT2D eigenvalue weighted by atomic mass is 16.5. The predicted molar refractivity (Wildman–Crippen MR) is 122 cm³/mol. The highest BCUT2D eigenvalue weighted by Gasteiger charge is 2.18. The van der Waals surface area contributed by atoms with Gasteiger partial charge in [0.1, 0.15) is 5.75 Å². The predicted octanol–water partition coefficient (Wildman–Crippen LogP) is 2.94. The van der Waals surface area contributed by atoms with Gasteiger partial charge in [-0.05, 0) is 30.7 Å². The molecule has 0 unspecified atom stereocenters. The van der Waals surface area contributed by atoms with E-state index in [2.05, 4.69) is 51.5 Å². The van der Waals surface area contributed by atoms with Gasteiger partial charge in [0.05, 0.1) is 13.7 Å².